The van der Waals surface area contributed by atoms with Crippen LogP contribution in [0, 0.1) is 5.82 Å². The van der Waals surface area contributed by atoms with E-state index in [4.69, 9.17) is 5.73 Å². The average molecular weight is 267 g/mol. The summed E-state index contributed by atoms with van der Waals surface area (Å²) in [5.41, 5.74) is 5.96. The van der Waals surface area contributed by atoms with Crippen LogP contribution < -0.4 is 11.1 Å². The lowest BCUT2D eigenvalue weighted by molar-refractivity contribution is -0.113. The number of hydrogen-bond donors (Lipinski definition) is 3. The number of rotatable bonds is 4. The van der Waals surface area contributed by atoms with Gasteiger partial charge in [-0.3, -0.25) is 9.89 Å². The Kier molecular flexibility index (Phi) is 3.78. The zero-order valence-corrected chi connectivity index (χ0v) is 10.00. The van der Waals surface area contributed by atoms with Crippen molar-refractivity contribution in [1.82, 2.24) is 15.2 Å². The van der Waals surface area contributed by atoms with Crippen LogP contribution in [0.25, 0.3) is 0 Å². The Morgan fingerprint density at radius 2 is 2.39 bits per heavy atom. The number of carbonyl (C=O) groups is 1. The largest absolute Gasteiger partial charge is 0.399 e. The Morgan fingerprint density at radius 1 is 1.56 bits per heavy atom. The van der Waals surface area contributed by atoms with E-state index in [0.717, 1.165) is 0 Å². The molecule has 1 aromatic heterocycles. The van der Waals surface area contributed by atoms with Crippen molar-refractivity contribution >= 4 is 29.0 Å². The first-order valence-corrected chi connectivity index (χ1v) is 5.97. The molecular formula is C10H10FN5OS. The molecule has 8 heteroatoms. The summed E-state index contributed by atoms with van der Waals surface area (Å²) in [4.78, 5) is 15.4. The molecule has 0 bridgehead atoms. The molecule has 18 heavy (non-hydrogen) atoms. The van der Waals surface area contributed by atoms with Gasteiger partial charge in [0.25, 0.3) is 0 Å². The van der Waals surface area contributed by atoms with Crippen molar-refractivity contribution in [3.05, 3.63) is 30.3 Å². The summed E-state index contributed by atoms with van der Waals surface area (Å²) in [5, 5.41) is 9.21. The minimum atomic E-state index is -0.526. The smallest absolute Gasteiger partial charge is 0.234 e. The third-order valence-electron chi connectivity index (χ3n) is 2.00. The van der Waals surface area contributed by atoms with Gasteiger partial charge in [0, 0.05) is 5.69 Å². The first-order valence-electron chi connectivity index (χ1n) is 4.98. The summed E-state index contributed by atoms with van der Waals surface area (Å²) >= 11 is 1.17. The van der Waals surface area contributed by atoms with Gasteiger partial charge in [-0.1, -0.05) is 11.8 Å². The number of nitrogen functional groups attached to an aromatic ring is 1. The number of nitrogens with two attached hydrogens (primary N) is 1. The van der Waals surface area contributed by atoms with Crippen LogP contribution in [-0.4, -0.2) is 26.8 Å². The van der Waals surface area contributed by atoms with E-state index in [0.29, 0.717) is 10.8 Å². The van der Waals surface area contributed by atoms with Gasteiger partial charge in [-0.15, -0.1) is 0 Å². The second-order valence-electron chi connectivity index (χ2n) is 3.37. The average Bonchev–Trinajstić information content (AvgIpc) is 2.84. The van der Waals surface area contributed by atoms with Gasteiger partial charge < -0.3 is 11.1 Å². The van der Waals surface area contributed by atoms with Gasteiger partial charge in [0.2, 0.25) is 5.91 Å². The van der Waals surface area contributed by atoms with Crippen molar-refractivity contribution in [3.8, 4) is 0 Å². The van der Waals surface area contributed by atoms with E-state index < -0.39 is 5.82 Å². The zero-order chi connectivity index (χ0) is 13.0. The third kappa shape index (κ3) is 3.20. The van der Waals surface area contributed by atoms with Gasteiger partial charge in [-0.25, -0.2) is 9.37 Å². The molecule has 1 amide bonds. The Balaban J connectivity index is 1.92. The van der Waals surface area contributed by atoms with Crippen LogP contribution in [0.2, 0.25) is 0 Å². The van der Waals surface area contributed by atoms with E-state index >= 15 is 0 Å². The molecule has 0 aliphatic heterocycles. The van der Waals surface area contributed by atoms with Gasteiger partial charge in [0.1, 0.15) is 12.1 Å². The van der Waals surface area contributed by atoms with Crippen LogP contribution in [-0.2, 0) is 4.79 Å². The fourth-order valence-corrected chi connectivity index (χ4v) is 1.80. The highest BCUT2D eigenvalue weighted by atomic mass is 32.2. The molecule has 4 N–H and O–H groups in total. The lowest BCUT2D eigenvalue weighted by Gasteiger charge is -2.06. The van der Waals surface area contributed by atoms with Crippen molar-refractivity contribution in [3.63, 3.8) is 0 Å². The Labute approximate surface area is 106 Å². The van der Waals surface area contributed by atoms with Crippen LogP contribution in [0.15, 0.2) is 29.7 Å². The van der Waals surface area contributed by atoms with Crippen molar-refractivity contribution in [2.45, 2.75) is 5.16 Å². The highest BCUT2D eigenvalue weighted by Gasteiger charge is 2.08. The van der Waals surface area contributed by atoms with Crippen LogP contribution in [0.1, 0.15) is 0 Å². The summed E-state index contributed by atoms with van der Waals surface area (Å²) in [6, 6.07) is 4.00. The second-order valence-corrected chi connectivity index (χ2v) is 4.33. The normalized spacial score (nSPS) is 10.3. The fourth-order valence-electron chi connectivity index (χ4n) is 1.22. The standard InChI is InChI=1S/C10H10FN5OS/c11-7-2-1-6(12)3-8(7)15-9(17)4-18-10-13-5-14-16-10/h1-3,5H,4,12H2,(H,15,17)(H,13,14,16). The molecular weight excluding hydrogens is 257 g/mol. The molecule has 2 aromatic rings. The van der Waals surface area contributed by atoms with Gasteiger partial charge >= 0.3 is 0 Å². The summed E-state index contributed by atoms with van der Waals surface area (Å²) in [6.45, 7) is 0. The first kappa shape index (κ1) is 12.4. The molecule has 0 unspecified atom stereocenters. The maximum atomic E-state index is 13.3. The predicted molar refractivity (Wildman–Crippen MR) is 66.5 cm³/mol. The molecule has 0 saturated carbocycles. The number of aromatic nitrogens is 3. The van der Waals surface area contributed by atoms with Crippen molar-refractivity contribution in [1.29, 1.82) is 0 Å². The highest BCUT2D eigenvalue weighted by molar-refractivity contribution is 7.99. The van der Waals surface area contributed by atoms with Gasteiger partial charge in [0.15, 0.2) is 5.16 Å². The number of carbonyl (C=O) groups excluding carboxylic acids is 1. The maximum Gasteiger partial charge on any atom is 0.234 e. The predicted octanol–water partition coefficient (Wildman–Crippen LogP) is 1.26. The molecule has 0 saturated heterocycles. The fraction of sp³-hybridized carbons (Fsp3) is 0.100. The lowest BCUT2D eigenvalue weighted by Crippen LogP contribution is -2.15. The molecule has 1 heterocycles. The first-order chi connectivity index (χ1) is 8.65. The Morgan fingerprint density at radius 3 is 3.11 bits per heavy atom. The number of halogens is 1. The van der Waals surface area contributed by atoms with Crippen LogP contribution in [0.4, 0.5) is 15.8 Å². The second kappa shape index (κ2) is 5.50. The monoisotopic (exact) mass is 267 g/mol. The molecule has 0 aliphatic rings. The highest BCUT2D eigenvalue weighted by Crippen LogP contribution is 2.18. The quantitative estimate of drug-likeness (QED) is 0.572. The molecule has 94 valence electrons. The molecule has 0 atom stereocenters. The van der Waals surface area contributed by atoms with E-state index in [1.54, 1.807) is 0 Å². The van der Waals surface area contributed by atoms with Crippen LogP contribution in [0.3, 0.4) is 0 Å². The van der Waals surface area contributed by atoms with Crippen molar-refractivity contribution in [2.24, 2.45) is 0 Å². The molecule has 0 fully saturated rings. The lowest BCUT2D eigenvalue weighted by atomic mass is 10.2. The van der Waals surface area contributed by atoms with Crippen LogP contribution in [0.5, 0.6) is 0 Å². The summed E-state index contributed by atoms with van der Waals surface area (Å²) < 4.78 is 13.3. The Hall–Kier alpha value is -2.09. The number of aromatic amines is 1. The van der Waals surface area contributed by atoms with Gasteiger partial charge in [0.05, 0.1) is 11.4 Å². The topological polar surface area (TPSA) is 96.7 Å². The number of H-pyrrole nitrogens is 1. The molecule has 1 aromatic carbocycles. The van der Waals surface area contributed by atoms with E-state index in [2.05, 4.69) is 20.5 Å². The number of thioether (sulfide) groups is 1. The molecule has 6 nitrogen and oxygen atoms in total. The minimum absolute atomic E-state index is 0.0677. The SMILES string of the molecule is Nc1ccc(F)c(NC(=O)CSc2ncn[nH]2)c1. The molecule has 0 radical (unpaired) electrons. The molecule has 0 spiro atoms. The number of nitrogens with zero attached hydrogens (tertiary/aromatic N) is 2. The number of anilines is 2. The van der Waals surface area contributed by atoms with E-state index in [9.17, 15) is 9.18 Å². The zero-order valence-electron chi connectivity index (χ0n) is 9.18. The van der Waals surface area contributed by atoms with Crippen molar-refractivity contribution in [2.75, 3.05) is 16.8 Å². The van der Waals surface area contributed by atoms with E-state index in [-0.39, 0.29) is 17.3 Å². The van der Waals surface area contributed by atoms with E-state index in [1.165, 1.54) is 36.3 Å². The summed E-state index contributed by atoms with van der Waals surface area (Å²) in [7, 11) is 0. The van der Waals surface area contributed by atoms with Gasteiger partial charge in [-0.05, 0) is 18.2 Å². The number of benzene rings is 1. The van der Waals surface area contributed by atoms with Crippen LogP contribution >= 0.6 is 11.8 Å². The summed E-state index contributed by atoms with van der Waals surface area (Å²) in [5.74, 6) is -0.771. The third-order valence-corrected chi connectivity index (χ3v) is 2.87. The number of hydrogen-bond acceptors (Lipinski definition) is 5. The molecule has 0 aliphatic carbocycles. The van der Waals surface area contributed by atoms with E-state index in [1.807, 2.05) is 0 Å². The number of nitrogens with one attached hydrogen (secondary N) is 2. The Bertz CT molecular complexity index is 545. The van der Waals surface area contributed by atoms with Crippen molar-refractivity contribution < 1.29 is 9.18 Å². The molecule has 2 rings (SSSR count). The maximum absolute atomic E-state index is 13.3. The number of amides is 1. The van der Waals surface area contributed by atoms with Gasteiger partial charge in [-0.2, -0.15) is 5.10 Å². The minimum Gasteiger partial charge on any atom is -0.399 e. The summed E-state index contributed by atoms with van der Waals surface area (Å²) in [6.07, 6.45) is 1.35.